The molecule has 1 aliphatic heterocycles. The number of carbonyl (C=O) groups excluding carboxylic acids is 1. The first-order valence-corrected chi connectivity index (χ1v) is 12.2. The second-order valence-electron chi connectivity index (χ2n) is 7.40. The number of hydrogen-bond donors (Lipinski definition) is 1. The number of nitrogens with one attached hydrogen (secondary N) is 1. The Labute approximate surface area is 187 Å². The highest BCUT2D eigenvalue weighted by atomic mass is 32.2. The molecule has 2 aromatic heterocycles. The maximum absolute atomic E-state index is 12.9. The molecule has 1 aliphatic rings. The predicted octanol–water partition coefficient (Wildman–Crippen LogP) is 1.57. The molecule has 0 amide bonds. The van der Waals surface area contributed by atoms with Crippen molar-refractivity contribution in [2.75, 3.05) is 13.2 Å². The Hall–Kier alpha value is -2.96. The van der Waals surface area contributed by atoms with Crippen molar-refractivity contribution in [1.82, 2.24) is 14.1 Å². The van der Waals surface area contributed by atoms with Crippen LogP contribution in [0.5, 0.6) is 11.5 Å². The topological polar surface area (TPSA) is 125 Å². The minimum atomic E-state index is -4.05. The molecule has 1 N–H and O–H groups in total. The van der Waals surface area contributed by atoms with Gasteiger partial charge in [-0.2, -0.15) is 4.72 Å². The van der Waals surface area contributed by atoms with Gasteiger partial charge in [-0.15, -0.1) is 11.3 Å². The third-order valence-electron chi connectivity index (χ3n) is 4.75. The van der Waals surface area contributed by atoms with Crippen LogP contribution in [0.4, 0.5) is 0 Å². The number of thiazole rings is 1. The summed E-state index contributed by atoms with van der Waals surface area (Å²) in [6.07, 6.45) is 1.60. The highest BCUT2D eigenvalue weighted by Gasteiger charge is 2.30. The summed E-state index contributed by atoms with van der Waals surface area (Å²) < 4.78 is 45.7. The number of benzene rings is 1. The molecule has 0 aliphatic carbocycles. The molecule has 4 rings (SSSR count). The molecule has 170 valence electrons. The molecule has 10 nitrogen and oxygen atoms in total. The van der Waals surface area contributed by atoms with Crippen molar-refractivity contribution in [2.45, 2.75) is 31.4 Å². The normalized spacial score (nSPS) is 14.5. The van der Waals surface area contributed by atoms with E-state index in [-0.39, 0.29) is 22.8 Å². The molecule has 1 unspecified atom stereocenters. The smallest absolute Gasteiger partial charge is 0.324 e. The van der Waals surface area contributed by atoms with Crippen LogP contribution in [0.3, 0.4) is 0 Å². The number of fused-ring (bicyclic) bond motifs is 2. The monoisotopic (exact) mass is 479 g/mol. The van der Waals surface area contributed by atoms with Gasteiger partial charge in [-0.25, -0.2) is 13.4 Å². The lowest BCUT2D eigenvalue weighted by atomic mass is 10.1. The quantitative estimate of drug-likeness (QED) is 0.506. The zero-order valence-corrected chi connectivity index (χ0v) is 18.9. The van der Waals surface area contributed by atoms with Crippen LogP contribution in [0.15, 0.2) is 45.5 Å². The Bertz CT molecular complexity index is 1310. The minimum Gasteiger partial charge on any atom is -0.486 e. The molecule has 0 saturated carbocycles. The van der Waals surface area contributed by atoms with E-state index in [4.69, 9.17) is 14.2 Å². The van der Waals surface area contributed by atoms with E-state index < -0.39 is 28.0 Å². The number of nitrogens with zero attached hydrogens (tertiary/aromatic N) is 2. The number of aromatic nitrogens is 2. The molecule has 0 radical (unpaired) electrons. The van der Waals surface area contributed by atoms with Gasteiger partial charge < -0.3 is 14.2 Å². The van der Waals surface area contributed by atoms with Gasteiger partial charge in [0.05, 0.1) is 10.6 Å². The first-order chi connectivity index (χ1) is 15.2. The van der Waals surface area contributed by atoms with Gasteiger partial charge in [-0.05, 0) is 18.1 Å². The van der Waals surface area contributed by atoms with Crippen LogP contribution < -0.4 is 19.8 Å². The second kappa shape index (κ2) is 8.88. The lowest BCUT2D eigenvalue weighted by Crippen LogP contribution is -2.45. The number of hydrogen-bond acceptors (Lipinski definition) is 9. The number of esters is 1. The van der Waals surface area contributed by atoms with E-state index in [1.54, 1.807) is 25.4 Å². The summed E-state index contributed by atoms with van der Waals surface area (Å²) in [6.45, 7) is 3.85. The van der Waals surface area contributed by atoms with Crippen molar-refractivity contribution in [2.24, 2.45) is 5.92 Å². The summed E-state index contributed by atoms with van der Waals surface area (Å²) in [5, 5.41) is 1.72. The van der Waals surface area contributed by atoms with Crippen molar-refractivity contribution in [3.63, 3.8) is 0 Å². The lowest BCUT2D eigenvalue weighted by Gasteiger charge is -2.22. The summed E-state index contributed by atoms with van der Waals surface area (Å²) in [5.41, 5.74) is -0.00924. The molecule has 0 saturated heterocycles. The van der Waals surface area contributed by atoms with Gasteiger partial charge in [0.25, 0.3) is 5.56 Å². The molecule has 1 atom stereocenters. The van der Waals surface area contributed by atoms with Gasteiger partial charge in [-0.3, -0.25) is 14.0 Å². The van der Waals surface area contributed by atoms with Crippen LogP contribution in [-0.2, 0) is 26.2 Å². The standard InChI is InChI=1S/C20H21N3O7S2/c1-12(2)18(19(25)30-11-13-9-17(24)23-5-8-31-20(23)21-13)22-32(26,27)14-3-4-15-16(10-14)29-7-6-28-15/h3-5,8-10,12,18,22H,6-7,11H2,1-2H3. The fraction of sp³-hybridized carbons (Fsp3) is 0.350. The van der Waals surface area contributed by atoms with E-state index >= 15 is 0 Å². The summed E-state index contributed by atoms with van der Waals surface area (Å²) in [5.74, 6) is -0.382. The second-order valence-corrected chi connectivity index (χ2v) is 9.98. The van der Waals surface area contributed by atoms with E-state index in [2.05, 4.69) is 9.71 Å². The van der Waals surface area contributed by atoms with Crippen LogP contribution in [0.25, 0.3) is 4.96 Å². The lowest BCUT2D eigenvalue weighted by molar-refractivity contribution is -0.148. The van der Waals surface area contributed by atoms with E-state index in [0.717, 1.165) is 0 Å². The average molecular weight is 480 g/mol. The van der Waals surface area contributed by atoms with Crippen molar-refractivity contribution >= 4 is 32.3 Å². The maximum atomic E-state index is 12.9. The van der Waals surface area contributed by atoms with Crippen molar-refractivity contribution in [1.29, 1.82) is 0 Å². The van der Waals surface area contributed by atoms with E-state index in [0.29, 0.717) is 29.7 Å². The first kappa shape index (κ1) is 22.2. The molecule has 0 spiro atoms. The van der Waals surface area contributed by atoms with E-state index in [9.17, 15) is 18.0 Å². The van der Waals surface area contributed by atoms with Gasteiger partial charge in [0.15, 0.2) is 16.5 Å². The van der Waals surface area contributed by atoms with E-state index in [1.165, 1.54) is 40.0 Å². The van der Waals surface area contributed by atoms with Gasteiger partial charge in [0.1, 0.15) is 25.9 Å². The van der Waals surface area contributed by atoms with Crippen LogP contribution in [0.1, 0.15) is 19.5 Å². The Morgan fingerprint density at radius 2 is 2.00 bits per heavy atom. The molecule has 3 aromatic rings. The van der Waals surface area contributed by atoms with Gasteiger partial charge in [0.2, 0.25) is 10.0 Å². The molecule has 1 aromatic carbocycles. The van der Waals surface area contributed by atoms with Gasteiger partial charge >= 0.3 is 5.97 Å². The van der Waals surface area contributed by atoms with Crippen LogP contribution >= 0.6 is 11.3 Å². The number of ether oxygens (including phenoxy) is 3. The predicted molar refractivity (Wildman–Crippen MR) is 116 cm³/mol. The largest absolute Gasteiger partial charge is 0.486 e. The van der Waals surface area contributed by atoms with Crippen LogP contribution in [0.2, 0.25) is 0 Å². The Kier molecular flexibility index (Phi) is 6.17. The zero-order chi connectivity index (χ0) is 22.9. The van der Waals surface area contributed by atoms with Gasteiger partial charge in [0, 0.05) is 23.7 Å². The third-order valence-corrected chi connectivity index (χ3v) is 6.94. The van der Waals surface area contributed by atoms with Gasteiger partial charge in [-0.1, -0.05) is 13.8 Å². The molecular weight excluding hydrogens is 458 g/mol. The van der Waals surface area contributed by atoms with Crippen molar-refractivity contribution in [3.05, 3.63) is 51.9 Å². The number of sulfonamides is 1. The SMILES string of the molecule is CC(C)C(NS(=O)(=O)c1ccc2c(c1)OCCO2)C(=O)OCc1cc(=O)n2ccsc2n1. The highest BCUT2D eigenvalue weighted by Crippen LogP contribution is 2.32. The van der Waals surface area contributed by atoms with Crippen molar-refractivity contribution < 1.29 is 27.4 Å². The van der Waals surface area contributed by atoms with E-state index in [1.807, 2.05) is 0 Å². The van der Waals surface area contributed by atoms with Crippen molar-refractivity contribution in [3.8, 4) is 11.5 Å². The molecule has 3 heterocycles. The molecular formula is C20H21N3O7S2. The number of rotatable bonds is 7. The van der Waals surface area contributed by atoms with Crippen LogP contribution in [0, 0.1) is 5.92 Å². The first-order valence-electron chi connectivity index (χ1n) is 9.79. The zero-order valence-electron chi connectivity index (χ0n) is 17.3. The molecule has 32 heavy (non-hydrogen) atoms. The third kappa shape index (κ3) is 4.61. The average Bonchev–Trinajstić information content (AvgIpc) is 3.24. The molecule has 12 heteroatoms. The molecule has 0 fully saturated rings. The summed E-state index contributed by atoms with van der Waals surface area (Å²) in [4.78, 5) is 29.5. The fourth-order valence-electron chi connectivity index (χ4n) is 3.08. The number of carbonyl (C=O) groups is 1. The minimum absolute atomic E-state index is 0.0574. The van der Waals surface area contributed by atoms with Crippen LogP contribution in [-0.4, -0.2) is 43.0 Å². The summed E-state index contributed by atoms with van der Waals surface area (Å²) in [7, 11) is -4.05. The Balaban J connectivity index is 1.48. The Morgan fingerprint density at radius 3 is 2.75 bits per heavy atom. The maximum Gasteiger partial charge on any atom is 0.324 e. The summed E-state index contributed by atoms with van der Waals surface area (Å²) in [6, 6.07) is 4.38. The summed E-state index contributed by atoms with van der Waals surface area (Å²) >= 11 is 1.28. The molecule has 0 bridgehead atoms. The fourth-order valence-corrected chi connectivity index (χ4v) is 5.17. The highest BCUT2D eigenvalue weighted by molar-refractivity contribution is 7.89. The Morgan fingerprint density at radius 1 is 1.25 bits per heavy atom.